The van der Waals surface area contributed by atoms with Crippen molar-refractivity contribution < 1.29 is 9.59 Å². The largest absolute Gasteiger partial charge is 0.354 e. The highest BCUT2D eigenvalue weighted by molar-refractivity contribution is 5.93. The fourth-order valence-electron chi connectivity index (χ4n) is 2.16. The number of aromatic nitrogens is 1. The van der Waals surface area contributed by atoms with E-state index < -0.39 is 0 Å². The molecule has 0 spiro atoms. The molecule has 1 fully saturated rings. The van der Waals surface area contributed by atoms with Crippen LogP contribution in [0.15, 0.2) is 18.3 Å². The third-order valence-corrected chi connectivity index (χ3v) is 3.15. The summed E-state index contributed by atoms with van der Waals surface area (Å²) in [6.45, 7) is 5.70. The molecule has 18 heavy (non-hydrogen) atoms. The fraction of sp³-hybridized carbons (Fsp3) is 0.538. The van der Waals surface area contributed by atoms with E-state index in [1.54, 1.807) is 4.90 Å². The molecule has 0 atom stereocenters. The summed E-state index contributed by atoms with van der Waals surface area (Å²) < 4.78 is 1.96. The lowest BCUT2D eigenvalue weighted by Crippen LogP contribution is -2.35. The zero-order chi connectivity index (χ0) is 13.1. The summed E-state index contributed by atoms with van der Waals surface area (Å²) in [4.78, 5) is 25.4. The Kier molecular flexibility index (Phi) is 3.69. The van der Waals surface area contributed by atoms with Crippen molar-refractivity contribution in [2.24, 2.45) is 0 Å². The number of nitrogens with one attached hydrogen (secondary N) is 1. The predicted octanol–water partition coefficient (Wildman–Crippen LogP) is 1.03. The number of hydrogen-bond donors (Lipinski definition) is 1. The fourth-order valence-corrected chi connectivity index (χ4v) is 2.16. The Hall–Kier alpha value is -1.78. The van der Waals surface area contributed by atoms with E-state index in [4.69, 9.17) is 0 Å². The van der Waals surface area contributed by atoms with Gasteiger partial charge in [-0.05, 0) is 26.0 Å². The summed E-state index contributed by atoms with van der Waals surface area (Å²) in [5.41, 5.74) is 0.694. The lowest BCUT2D eigenvalue weighted by Gasteiger charge is -2.21. The average Bonchev–Trinajstić information content (AvgIpc) is 2.72. The van der Waals surface area contributed by atoms with Crippen LogP contribution in [-0.4, -0.2) is 40.9 Å². The lowest BCUT2D eigenvalue weighted by molar-refractivity contribution is -0.120. The first-order chi connectivity index (χ1) is 8.59. The van der Waals surface area contributed by atoms with Crippen molar-refractivity contribution in [1.82, 2.24) is 14.8 Å². The van der Waals surface area contributed by atoms with E-state index in [1.165, 1.54) is 0 Å². The van der Waals surface area contributed by atoms with Crippen LogP contribution in [0.2, 0.25) is 0 Å². The third-order valence-electron chi connectivity index (χ3n) is 3.15. The van der Waals surface area contributed by atoms with Crippen LogP contribution in [-0.2, 0) is 4.79 Å². The van der Waals surface area contributed by atoms with E-state index in [9.17, 15) is 9.59 Å². The average molecular weight is 249 g/mol. The topological polar surface area (TPSA) is 54.3 Å². The first-order valence-corrected chi connectivity index (χ1v) is 6.32. The Balaban J connectivity index is 2.15. The standard InChI is InChI=1S/C13H19N3O2/c1-10(2)16-7-3-4-11(16)13(18)15-8-5-12(17)14-6-9-15/h3-4,7,10H,5-6,8-9H2,1-2H3,(H,14,17). The molecule has 1 aliphatic rings. The number of amides is 2. The van der Waals surface area contributed by atoms with Gasteiger partial charge < -0.3 is 14.8 Å². The minimum Gasteiger partial charge on any atom is -0.354 e. The minimum absolute atomic E-state index is 0.00481. The molecule has 2 amide bonds. The van der Waals surface area contributed by atoms with E-state index in [0.717, 1.165) is 0 Å². The maximum atomic E-state index is 12.4. The summed E-state index contributed by atoms with van der Waals surface area (Å²) in [5, 5.41) is 2.77. The van der Waals surface area contributed by atoms with Crippen LogP contribution in [0.4, 0.5) is 0 Å². The molecular formula is C13H19N3O2. The molecule has 1 N–H and O–H groups in total. The quantitative estimate of drug-likeness (QED) is 0.851. The van der Waals surface area contributed by atoms with Gasteiger partial charge in [-0.2, -0.15) is 0 Å². The lowest BCUT2D eigenvalue weighted by atomic mass is 10.3. The number of nitrogens with zero attached hydrogens (tertiary/aromatic N) is 2. The van der Waals surface area contributed by atoms with Gasteiger partial charge in [-0.1, -0.05) is 0 Å². The Morgan fingerprint density at radius 3 is 2.89 bits per heavy atom. The van der Waals surface area contributed by atoms with Crippen LogP contribution in [0, 0.1) is 0 Å². The molecule has 2 rings (SSSR count). The SMILES string of the molecule is CC(C)n1cccc1C(=O)N1CCNC(=O)CC1. The number of carbonyl (C=O) groups is 2. The van der Waals surface area contributed by atoms with Crippen LogP contribution >= 0.6 is 0 Å². The molecule has 0 saturated carbocycles. The van der Waals surface area contributed by atoms with Crippen LogP contribution in [0.3, 0.4) is 0 Å². The number of carbonyl (C=O) groups excluding carboxylic acids is 2. The first kappa shape index (κ1) is 12.7. The van der Waals surface area contributed by atoms with E-state index in [1.807, 2.05) is 36.7 Å². The summed E-state index contributed by atoms with van der Waals surface area (Å²) >= 11 is 0. The van der Waals surface area contributed by atoms with Crippen LogP contribution in [0.25, 0.3) is 0 Å². The van der Waals surface area contributed by atoms with Crippen molar-refractivity contribution in [2.45, 2.75) is 26.3 Å². The van der Waals surface area contributed by atoms with Crippen LogP contribution < -0.4 is 5.32 Å². The van der Waals surface area contributed by atoms with Crippen molar-refractivity contribution in [3.63, 3.8) is 0 Å². The molecule has 1 aromatic heterocycles. The van der Waals surface area contributed by atoms with Crippen molar-refractivity contribution in [1.29, 1.82) is 0 Å². The van der Waals surface area contributed by atoms with E-state index in [0.29, 0.717) is 31.7 Å². The molecule has 0 bridgehead atoms. The van der Waals surface area contributed by atoms with Gasteiger partial charge in [0.05, 0.1) is 0 Å². The molecule has 1 aromatic rings. The highest BCUT2D eigenvalue weighted by atomic mass is 16.2. The molecule has 0 aliphatic carbocycles. The summed E-state index contributed by atoms with van der Waals surface area (Å²) in [6, 6.07) is 3.97. The molecule has 5 nitrogen and oxygen atoms in total. The Morgan fingerprint density at radius 1 is 1.39 bits per heavy atom. The maximum Gasteiger partial charge on any atom is 0.270 e. The number of hydrogen-bond acceptors (Lipinski definition) is 2. The van der Waals surface area contributed by atoms with Gasteiger partial charge in [-0.3, -0.25) is 9.59 Å². The summed E-state index contributed by atoms with van der Waals surface area (Å²) in [7, 11) is 0. The predicted molar refractivity (Wildman–Crippen MR) is 68.3 cm³/mol. The zero-order valence-corrected chi connectivity index (χ0v) is 10.8. The van der Waals surface area contributed by atoms with Gasteiger partial charge in [-0.15, -0.1) is 0 Å². The Labute approximate surface area is 107 Å². The van der Waals surface area contributed by atoms with E-state index in [2.05, 4.69) is 5.32 Å². The van der Waals surface area contributed by atoms with E-state index >= 15 is 0 Å². The second kappa shape index (κ2) is 5.25. The summed E-state index contributed by atoms with van der Waals surface area (Å²) in [5.74, 6) is 0.0229. The van der Waals surface area contributed by atoms with Crippen molar-refractivity contribution in [2.75, 3.05) is 19.6 Å². The highest BCUT2D eigenvalue weighted by Crippen LogP contribution is 2.13. The molecule has 2 heterocycles. The van der Waals surface area contributed by atoms with E-state index in [-0.39, 0.29) is 17.9 Å². The third kappa shape index (κ3) is 2.55. The Bertz CT molecular complexity index is 451. The molecule has 0 unspecified atom stereocenters. The smallest absolute Gasteiger partial charge is 0.270 e. The Morgan fingerprint density at radius 2 is 2.17 bits per heavy atom. The van der Waals surface area contributed by atoms with Crippen molar-refractivity contribution in [3.8, 4) is 0 Å². The molecule has 98 valence electrons. The molecular weight excluding hydrogens is 230 g/mol. The summed E-state index contributed by atoms with van der Waals surface area (Å²) in [6.07, 6.45) is 2.30. The van der Waals surface area contributed by atoms with Gasteiger partial charge >= 0.3 is 0 Å². The normalized spacial score (nSPS) is 16.6. The van der Waals surface area contributed by atoms with Gasteiger partial charge in [0.1, 0.15) is 5.69 Å². The van der Waals surface area contributed by atoms with Crippen LogP contribution in [0.5, 0.6) is 0 Å². The molecule has 1 saturated heterocycles. The molecule has 5 heteroatoms. The van der Waals surface area contributed by atoms with Gasteiger partial charge in [0.15, 0.2) is 0 Å². The number of rotatable bonds is 2. The van der Waals surface area contributed by atoms with Gasteiger partial charge in [0.2, 0.25) is 5.91 Å². The van der Waals surface area contributed by atoms with Gasteiger partial charge in [0.25, 0.3) is 5.91 Å². The first-order valence-electron chi connectivity index (χ1n) is 6.32. The molecule has 0 aromatic carbocycles. The highest BCUT2D eigenvalue weighted by Gasteiger charge is 2.22. The molecule has 0 radical (unpaired) electrons. The monoisotopic (exact) mass is 249 g/mol. The minimum atomic E-state index is 0.00481. The van der Waals surface area contributed by atoms with Crippen molar-refractivity contribution >= 4 is 11.8 Å². The zero-order valence-electron chi connectivity index (χ0n) is 10.8. The second-order valence-electron chi connectivity index (χ2n) is 4.79. The molecule has 1 aliphatic heterocycles. The maximum absolute atomic E-state index is 12.4. The second-order valence-corrected chi connectivity index (χ2v) is 4.79. The van der Waals surface area contributed by atoms with Crippen molar-refractivity contribution in [3.05, 3.63) is 24.0 Å². The van der Waals surface area contributed by atoms with Gasteiger partial charge in [0, 0.05) is 38.3 Å². The van der Waals surface area contributed by atoms with Gasteiger partial charge in [-0.25, -0.2) is 0 Å². The van der Waals surface area contributed by atoms with Crippen LogP contribution in [0.1, 0.15) is 36.8 Å².